The summed E-state index contributed by atoms with van der Waals surface area (Å²) in [6.07, 6.45) is 1.17. The molecule has 0 fully saturated rings. The van der Waals surface area contributed by atoms with E-state index in [1.807, 2.05) is 7.05 Å². The van der Waals surface area contributed by atoms with Crippen molar-refractivity contribution in [1.29, 1.82) is 0 Å². The van der Waals surface area contributed by atoms with Gasteiger partial charge in [0.25, 0.3) is 0 Å². The molecule has 0 aliphatic rings. The van der Waals surface area contributed by atoms with Gasteiger partial charge in [0, 0.05) is 0 Å². The maximum atomic E-state index is 4.01. The van der Waals surface area contributed by atoms with Crippen molar-refractivity contribution in [2.24, 2.45) is 0 Å². The van der Waals surface area contributed by atoms with E-state index in [1.165, 1.54) is 6.42 Å². The maximum Gasteiger partial charge on any atom is -0.00441 e. The average molecular weight is 105 g/mol. The van der Waals surface area contributed by atoms with Crippen LogP contribution in [0, 0.1) is 0 Å². The van der Waals surface area contributed by atoms with E-state index < -0.39 is 0 Å². The molecule has 38 valence electrons. The van der Waals surface area contributed by atoms with Crippen LogP contribution < -0.4 is 5.32 Å². The Morgan fingerprint density at radius 1 is 1.67 bits per heavy atom. The molecule has 0 spiro atoms. The molecule has 0 heterocycles. The van der Waals surface area contributed by atoms with Crippen molar-refractivity contribution in [3.63, 3.8) is 0 Å². The van der Waals surface area contributed by atoms with Crippen LogP contribution in [-0.2, 0) is 0 Å². The van der Waals surface area contributed by atoms with Gasteiger partial charge in [0.05, 0.1) is 0 Å². The molecular weight excluding hydrogens is 94.1 g/mol. The molecule has 0 aromatic carbocycles. The molecule has 0 bridgehead atoms. The van der Waals surface area contributed by atoms with Crippen LogP contribution in [0.15, 0.2) is 0 Å². The van der Waals surface area contributed by atoms with Crippen molar-refractivity contribution < 1.29 is 0 Å². The monoisotopic (exact) mass is 105 g/mol. The van der Waals surface area contributed by atoms with E-state index >= 15 is 0 Å². The Bertz CT molecular complexity index is 19.5. The lowest BCUT2D eigenvalue weighted by atomic mass is 10.5. The van der Waals surface area contributed by atoms with Crippen LogP contribution in [-0.4, -0.2) is 19.3 Å². The van der Waals surface area contributed by atoms with Crippen molar-refractivity contribution in [3.8, 4) is 0 Å². The van der Waals surface area contributed by atoms with E-state index in [-0.39, 0.29) is 0 Å². The predicted molar refractivity (Wildman–Crippen MR) is 32.4 cm³/mol. The van der Waals surface area contributed by atoms with E-state index in [1.54, 1.807) is 0 Å². The molecule has 0 saturated carbocycles. The van der Waals surface area contributed by atoms with Gasteiger partial charge in [-0.1, -0.05) is 0 Å². The molecular formula is C4H11NS. The van der Waals surface area contributed by atoms with E-state index in [2.05, 4.69) is 17.9 Å². The summed E-state index contributed by atoms with van der Waals surface area (Å²) in [5, 5.41) is 3.02. The molecule has 0 unspecified atom stereocenters. The standard InChI is InChI=1S/C4H11NS/c1-5-3-2-4-6/h5-6H,2-4H2,1H3. The highest BCUT2D eigenvalue weighted by Gasteiger charge is 1.73. The van der Waals surface area contributed by atoms with Gasteiger partial charge in [-0.2, -0.15) is 12.6 Å². The first kappa shape index (κ1) is 6.31. The van der Waals surface area contributed by atoms with Crippen molar-refractivity contribution in [1.82, 2.24) is 5.32 Å². The first-order valence-corrected chi connectivity index (χ1v) is 2.80. The molecule has 1 N–H and O–H groups in total. The Hall–Kier alpha value is 0.310. The van der Waals surface area contributed by atoms with Gasteiger partial charge in [-0.15, -0.1) is 0 Å². The van der Waals surface area contributed by atoms with E-state index in [0.717, 1.165) is 12.3 Å². The SMILES string of the molecule is CNCCCS. The van der Waals surface area contributed by atoms with Crippen LogP contribution in [0.1, 0.15) is 6.42 Å². The minimum atomic E-state index is 0.987. The highest BCUT2D eigenvalue weighted by atomic mass is 32.1. The zero-order chi connectivity index (χ0) is 4.83. The van der Waals surface area contributed by atoms with Crippen molar-refractivity contribution in [2.45, 2.75) is 6.42 Å². The lowest BCUT2D eigenvalue weighted by Crippen LogP contribution is -2.07. The summed E-state index contributed by atoms with van der Waals surface area (Å²) in [7, 11) is 1.95. The van der Waals surface area contributed by atoms with Gasteiger partial charge in [0.15, 0.2) is 0 Å². The first-order valence-electron chi connectivity index (χ1n) is 2.17. The van der Waals surface area contributed by atoms with Crippen molar-refractivity contribution in [3.05, 3.63) is 0 Å². The van der Waals surface area contributed by atoms with Crippen LogP contribution in [0.2, 0.25) is 0 Å². The van der Waals surface area contributed by atoms with Crippen molar-refractivity contribution in [2.75, 3.05) is 19.3 Å². The van der Waals surface area contributed by atoms with Gasteiger partial charge >= 0.3 is 0 Å². The largest absolute Gasteiger partial charge is 0.320 e. The number of hydrogen-bond donors (Lipinski definition) is 2. The van der Waals surface area contributed by atoms with Crippen molar-refractivity contribution >= 4 is 12.6 Å². The fourth-order valence-electron chi connectivity index (χ4n) is 0.256. The fraction of sp³-hybridized carbons (Fsp3) is 1.00. The Labute approximate surface area is 44.5 Å². The maximum absolute atomic E-state index is 4.01. The second-order valence-corrected chi connectivity index (χ2v) is 1.63. The number of thiol groups is 1. The van der Waals surface area contributed by atoms with Crippen LogP contribution in [0.25, 0.3) is 0 Å². The minimum Gasteiger partial charge on any atom is -0.320 e. The van der Waals surface area contributed by atoms with Gasteiger partial charge in [0.1, 0.15) is 0 Å². The van der Waals surface area contributed by atoms with E-state index in [9.17, 15) is 0 Å². The number of rotatable bonds is 3. The van der Waals surface area contributed by atoms with Gasteiger partial charge < -0.3 is 5.32 Å². The molecule has 0 atom stereocenters. The minimum absolute atomic E-state index is 0.987. The number of nitrogens with one attached hydrogen (secondary N) is 1. The topological polar surface area (TPSA) is 12.0 Å². The predicted octanol–water partition coefficient (Wildman–Crippen LogP) is 0.526. The van der Waals surface area contributed by atoms with Gasteiger partial charge in [-0.05, 0) is 25.8 Å². The summed E-state index contributed by atoms with van der Waals surface area (Å²) in [5.74, 6) is 0.987. The Balaban J connectivity index is 2.34. The smallest absolute Gasteiger partial charge is 0.00441 e. The molecule has 0 amide bonds. The van der Waals surface area contributed by atoms with Gasteiger partial charge in [-0.25, -0.2) is 0 Å². The third kappa shape index (κ3) is 4.31. The van der Waals surface area contributed by atoms with Crippen LogP contribution in [0.4, 0.5) is 0 Å². The summed E-state index contributed by atoms with van der Waals surface area (Å²) in [6, 6.07) is 0. The first-order chi connectivity index (χ1) is 2.91. The lowest BCUT2D eigenvalue weighted by molar-refractivity contribution is 0.779. The van der Waals surface area contributed by atoms with E-state index in [0.29, 0.717) is 0 Å². The molecule has 0 rings (SSSR count). The summed E-state index contributed by atoms with van der Waals surface area (Å²) in [5.41, 5.74) is 0. The molecule has 1 nitrogen and oxygen atoms in total. The second-order valence-electron chi connectivity index (χ2n) is 1.18. The second kappa shape index (κ2) is 5.31. The molecule has 6 heavy (non-hydrogen) atoms. The van der Waals surface area contributed by atoms with E-state index in [4.69, 9.17) is 0 Å². The highest BCUT2D eigenvalue weighted by molar-refractivity contribution is 7.80. The third-order valence-electron chi connectivity index (χ3n) is 0.585. The molecule has 0 aromatic heterocycles. The zero-order valence-corrected chi connectivity index (χ0v) is 4.96. The molecule has 2 heteroatoms. The lowest BCUT2D eigenvalue weighted by Gasteiger charge is -1.89. The van der Waals surface area contributed by atoms with Gasteiger partial charge in [-0.3, -0.25) is 0 Å². The zero-order valence-electron chi connectivity index (χ0n) is 4.07. The highest BCUT2D eigenvalue weighted by Crippen LogP contribution is 1.77. The number of hydrogen-bond acceptors (Lipinski definition) is 2. The summed E-state index contributed by atoms with van der Waals surface area (Å²) in [6.45, 7) is 1.09. The third-order valence-corrected chi connectivity index (χ3v) is 0.901. The fourth-order valence-corrected chi connectivity index (χ4v) is 0.414. The molecule has 0 saturated heterocycles. The Morgan fingerprint density at radius 2 is 2.33 bits per heavy atom. The molecule has 0 aliphatic carbocycles. The van der Waals surface area contributed by atoms with Gasteiger partial charge in [0.2, 0.25) is 0 Å². The quantitative estimate of drug-likeness (QED) is 0.394. The normalized spacial score (nSPS) is 9.00. The van der Waals surface area contributed by atoms with Crippen LogP contribution >= 0.6 is 12.6 Å². The van der Waals surface area contributed by atoms with Crippen LogP contribution in [0.3, 0.4) is 0 Å². The summed E-state index contributed by atoms with van der Waals surface area (Å²) >= 11 is 4.01. The average Bonchev–Trinajstić information content (AvgIpc) is 1.61. The van der Waals surface area contributed by atoms with Crippen LogP contribution in [0.5, 0.6) is 0 Å². The molecule has 0 radical (unpaired) electrons. The molecule has 0 aromatic rings. The Kier molecular flexibility index (Phi) is 5.58. The molecule has 0 aliphatic heterocycles. The summed E-state index contributed by atoms with van der Waals surface area (Å²) in [4.78, 5) is 0. The Morgan fingerprint density at radius 3 is 2.50 bits per heavy atom. The summed E-state index contributed by atoms with van der Waals surface area (Å²) < 4.78 is 0.